The van der Waals surface area contributed by atoms with Crippen LogP contribution in [0.15, 0.2) is 42.0 Å². The monoisotopic (exact) mass is 314 g/mol. The Bertz CT molecular complexity index is 607. The summed E-state index contributed by atoms with van der Waals surface area (Å²) in [6.45, 7) is 9.25. The molecule has 0 N–H and O–H groups in total. The van der Waals surface area contributed by atoms with E-state index in [0.29, 0.717) is 31.0 Å². The maximum atomic E-state index is 11.3. The average Bonchev–Trinajstić information content (AvgIpc) is 2.52. The molecule has 1 aromatic rings. The molecule has 0 spiro atoms. The van der Waals surface area contributed by atoms with Gasteiger partial charge in [-0.05, 0) is 24.3 Å². The lowest BCUT2D eigenvalue weighted by atomic mass is 9.56. The van der Waals surface area contributed by atoms with Crippen LogP contribution >= 0.6 is 0 Å². The molecule has 1 saturated heterocycles. The molecule has 3 rings (SSSR count). The minimum atomic E-state index is -0.216. The number of carbonyl (C=O) groups is 1. The van der Waals surface area contributed by atoms with Crippen molar-refractivity contribution in [1.82, 2.24) is 0 Å². The number of fused-ring (bicyclic) bond motifs is 2. The summed E-state index contributed by atoms with van der Waals surface area (Å²) in [5, 5.41) is 0. The van der Waals surface area contributed by atoms with Crippen molar-refractivity contribution in [2.75, 3.05) is 13.2 Å². The lowest BCUT2D eigenvalue weighted by Gasteiger charge is -2.55. The number of hydrogen-bond acceptors (Lipinski definition) is 3. The molecule has 124 valence electrons. The van der Waals surface area contributed by atoms with E-state index < -0.39 is 0 Å². The third-order valence-electron chi connectivity index (χ3n) is 5.92. The van der Waals surface area contributed by atoms with Gasteiger partial charge in [0, 0.05) is 18.3 Å². The maximum Gasteiger partial charge on any atom is 0.302 e. The van der Waals surface area contributed by atoms with E-state index in [0.717, 1.165) is 0 Å². The topological polar surface area (TPSA) is 35.5 Å². The van der Waals surface area contributed by atoms with Gasteiger partial charge in [0.05, 0.1) is 19.3 Å². The Hall–Kier alpha value is -1.61. The molecule has 0 amide bonds. The Morgan fingerprint density at radius 2 is 2.00 bits per heavy atom. The molecule has 2 aliphatic rings. The van der Waals surface area contributed by atoms with Gasteiger partial charge in [0.1, 0.15) is 0 Å². The molecule has 1 fully saturated rings. The minimum absolute atomic E-state index is 0.0837. The first-order valence-electron chi connectivity index (χ1n) is 8.44. The van der Waals surface area contributed by atoms with Crippen LogP contribution in [0.1, 0.15) is 39.4 Å². The highest BCUT2D eigenvalue weighted by Gasteiger charge is 2.54. The Kier molecular flexibility index (Phi) is 4.33. The predicted molar refractivity (Wildman–Crippen MR) is 89.8 cm³/mol. The summed E-state index contributed by atoms with van der Waals surface area (Å²) < 4.78 is 11.8. The van der Waals surface area contributed by atoms with Gasteiger partial charge in [-0.3, -0.25) is 4.79 Å². The second kappa shape index (κ2) is 6.12. The van der Waals surface area contributed by atoms with Crippen molar-refractivity contribution < 1.29 is 14.3 Å². The van der Waals surface area contributed by atoms with Crippen molar-refractivity contribution in [3.8, 4) is 0 Å². The molecule has 3 heteroatoms. The lowest BCUT2D eigenvalue weighted by molar-refractivity contribution is -0.180. The molecule has 1 heterocycles. The van der Waals surface area contributed by atoms with Gasteiger partial charge in [0.25, 0.3) is 0 Å². The van der Waals surface area contributed by atoms with Crippen LogP contribution in [0.4, 0.5) is 0 Å². The van der Waals surface area contributed by atoms with Crippen LogP contribution in [0.3, 0.4) is 0 Å². The first-order chi connectivity index (χ1) is 11.0. The van der Waals surface area contributed by atoms with E-state index in [1.54, 1.807) is 0 Å². The number of carbonyl (C=O) groups excluding carboxylic acids is 1. The number of ether oxygens (including phenoxy) is 2. The van der Waals surface area contributed by atoms with Gasteiger partial charge in [-0.15, -0.1) is 0 Å². The predicted octanol–water partition coefficient (Wildman–Crippen LogP) is 4.16. The highest BCUT2D eigenvalue weighted by molar-refractivity contribution is 5.66. The van der Waals surface area contributed by atoms with Crippen LogP contribution in [-0.4, -0.2) is 19.2 Å². The highest BCUT2D eigenvalue weighted by atomic mass is 16.5. The van der Waals surface area contributed by atoms with Gasteiger partial charge < -0.3 is 9.47 Å². The highest BCUT2D eigenvalue weighted by Crippen LogP contribution is 2.56. The van der Waals surface area contributed by atoms with Crippen molar-refractivity contribution in [2.24, 2.45) is 23.2 Å². The zero-order valence-electron chi connectivity index (χ0n) is 14.4. The molecule has 23 heavy (non-hydrogen) atoms. The molecule has 5 atom stereocenters. The molecular weight excluding hydrogens is 288 g/mol. The molecular formula is C20H26O3. The fourth-order valence-corrected chi connectivity index (χ4v) is 4.44. The van der Waals surface area contributed by atoms with Gasteiger partial charge in [-0.25, -0.2) is 0 Å². The zero-order valence-corrected chi connectivity index (χ0v) is 14.4. The normalized spacial score (nSPS) is 36.3. The van der Waals surface area contributed by atoms with E-state index in [1.165, 1.54) is 18.1 Å². The standard InChI is InChI=1S/C20H26O3/c1-13-10-14(2)20(11-22-16(4)21)12-23-19(18(13)15(20)3)17-8-6-5-7-9-17/h5-10,14-15,18-19H,11-12H2,1-4H3/t14-,15+,18+,19-,20-/m1/s1. The molecule has 1 aliphatic heterocycles. The van der Waals surface area contributed by atoms with E-state index in [9.17, 15) is 4.79 Å². The van der Waals surface area contributed by atoms with Gasteiger partial charge in [0.15, 0.2) is 0 Å². The number of benzene rings is 1. The first-order valence-corrected chi connectivity index (χ1v) is 8.44. The van der Waals surface area contributed by atoms with Crippen LogP contribution in [0.25, 0.3) is 0 Å². The molecule has 0 unspecified atom stereocenters. The summed E-state index contributed by atoms with van der Waals surface area (Å²) >= 11 is 0. The smallest absolute Gasteiger partial charge is 0.302 e. The summed E-state index contributed by atoms with van der Waals surface area (Å²) in [6.07, 6.45) is 2.44. The largest absolute Gasteiger partial charge is 0.465 e. The summed E-state index contributed by atoms with van der Waals surface area (Å²) in [7, 11) is 0. The number of allylic oxidation sites excluding steroid dienone is 1. The van der Waals surface area contributed by atoms with E-state index in [2.05, 4.69) is 51.1 Å². The fraction of sp³-hybridized carbons (Fsp3) is 0.550. The second-order valence-corrected chi connectivity index (χ2v) is 7.17. The zero-order chi connectivity index (χ0) is 16.6. The number of rotatable bonds is 3. The molecule has 0 saturated carbocycles. The van der Waals surface area contributed by atoms with Gasteiger partial charge in [-0.1, -0.05) is 55.8 Å². The van der Waals surface area contributed by atoms with E-state index >= 15 is 0 Å². The Morgan fingerprint density at radius 1 is 1.30 bits per heavy atom. The number of hydrogen-bond donors (Lipinski definition) is 0. The van der Waals surface area contributed by atoms with E-state index in [4.69, 9.17) is 9.47 Å². The van der Waals surface area contributed by atoms with Crippen molar-refractivity contribution in [3.05, 3.63) is 47.5 Å². The van der Waals surface area contributed by atoms with Crippen LogP contribution in [-0.2, 0) is 14.3 Å². The Labute approximate surface area is 138 Å². The van der Waals surface area contributed by atoms with Crippen LogP contribution < -0.4 is 0 Å². The van der Waals surface area contributed by atoms with Crippen molar-refractivity contribution in [2.45, 2.75) is 33.8 Å². The molecule has 3 nitrogen and oxygen atoms in total. The fourth-order valence-electron chi connectivity index (χ4n) is 4.44. The maximum absolute atomic E-state index is 11.3. The third-order valence-corrected chi connectivity index (χ3v) is 5.92. The molecule has 0 radical (unpaired) electrons. The molecule has 1 aliphatic carbocycles. The summed E-state index contributed by atoms with van der Waals surface area (Å²) in [6, 6.07) is 10.4. The van der Waals surface area contributed by atoms with E-state index in [-0.39, 0.29) is 17.5 Å². The minimum Gasteiger partial charge on any atom is -0.465 e. The van der Waals surface area contributed by atoms with Crippen molar-refractivity contribution in [3.63, 3.8) is 0 Å². The quantitative estimate of drug-likeness (QED) is 0.621. The Morgan fingerprint density at radius 3 is 2.65 bits per heavy atom. The summed E-state index contributed by atoms with van der Waals surface area (Å²) in [4.78, 5) is 11.3. The van der Waals surface area contributed by atoms with Gasteiger partial charge >= 0.3 is 5.97 Å². The molecule has 0 aromatic heterocycles. The summed E-state index contributed by atoms with van der Waals surface area (Å²) in [5.74, 6) is 0.857. The molecule has 1 aromatic carbocycles. The third kappa shape index (κ3) is 2.72. The number of esters is 1. The van der Waals surface area contributed by atoms with Crippen LogP contribution in [0.2, 0.25) is 0 Å². The lowest BCUT2D eigenvalue weighted by Crippen LogP contribution is -2.54. The van der Waals surface area contributed by atoms with E-state index in [1.807, 2.05) is 6.07 Å². The SMILES string of the molecule is CC(=O)OC[C@@]12CO[C@H](c3ccccc3)[C@@H](C(C)=C[C@H]1C)[C@@H]2C. The van der Waals surface area contributed by atoms with Crippen molar-refractivity contribution in [1.29, 1.82) is 0 Å². The van der Waals surface area contributed by atoms with Gasteiger partial charge in [-0.2, -0.15) is 0 Å². The van der Waals surface area contributed by atoms with Gasteiger partial charge in [0.2, 0.25) is 0 Å². The Balaban J connectivity index is 1.95. The van der Waals surface area contributed by atoms with Crippen LogP contribution in [0, 0.1) is 23.2 Å². The van der Waals surface area contributed by atoms with Crippen molar-refractivity contribution >= 4 is 5.97 Å². The molecule has 2 bridgehead atoms. The van der Waals surface area contributed by atoms with Crippen LogP contribution in [0.5, 0.6) is 0 Å². The first kappa shape index (κ1) is 16.3. The second-order valence-electron chi connectivity index (χ2n) is 7.17. The average molecular weight is 314 g/mol. The summed E-state index contributed by atoms with van der Waals surface area (Å²) in [5.41, 5.74) is 2.49.